The average molecular weight is 445 g/mol. The monoisotopic (exact) mass is 444 g/mol. The summed E-state index contributed by atoms with van der Waals surface area (Å²) < 4.78 is 53.8. The summed E-state index contributed by atoms with van der Waals surface area (Å²) in [4.78, 5) is -0.673. The molecular formula is C12H8ClF2IN2O2S. The summed E-state index contributed by atoms with van der Waals surface area (Å²) >= 11 is 7.34. The number of hydrogen-bond donors (Lipinski definition) is 2. The van der Waals surface area contributed by atoms with E-state index in [1.807, 2.05) is 0 Å². The van der Waals surface area contributed by atoms with E-state index in [1.165, 1.54) is 6.07 Å². The standard InChI is InChI=1S/C12H8ClF2IN2O2S/c13-8-4-7(17)5-11(12(8)15)21(19,20)18-10-2-1-6(14)3-9(10)16/h1-5,18H,17H2. The minimum absolute atomic E-state index is 0.00979. The van der Waals surface area contributed by atoms with Crippen molar-refractivity contribution in [3.05, 3.63) is 50.6 Å². The quantitative estimate of drug-likeness (QED) is 0.561. The molecule has 0 fully saturated rings. The second-order valence-electron chi connectivity index (χ2n) is 4.04. The van der Waals surface area contributed by atoms with E-state index in [4.69, 9.17) is 17.3 Å². The molecule has 3 N–H and O–H groups in total. The van der Waals surface area contributed by atoms with E-state index < -0.39 is 31.6 Å². The molecule has 0 aliphatic rings. The molecule has 0 heterocycles. The van der Waals surface area contributed by atoms with E-state index in [0.29, 0.717) is 3.57 Å². The molecule has 0 aliphatic heterocycles. The van der Waals surface area contributed by atoms with Gasteiger partial charge in [0.05, 0.1) is 10.7 Å². The van der Waals surface area contributed by atoms with Crippen LogP contribution in [0.4, 0.5) is 20.2 Å². The van der Waals surface area contributed by atoms with Crippen LogP contribution in [0, 0.1) is 15.2 Å². The zero-order valence-corrected chi connectivity index (χ0v) is 13.9. The molecule has 0 aliphatic carbocycles. The van der Waals surface area contributed by atoms with Gasteiger partial charge in [-0.1, -0.05) is 11.6 Å². The number of benzene rings is 2. The molecule has 9 heteroatoms. The van der Waals surface area contributed by atoms with Crippen molar-refractivity contribution in [2.24, 2.45) is 0 Å². The predicted octanol–water partition coefficient (Wildman–Crippen LogP) is 3.61. The van der Waals surface area contributed by atoms with E-state index >= 15 is 0 Å². The maximum Gasteiger partial charge on any atom is 0.264 e. The minimum Gasteiger partial charge on any atom is -0.399 e. The normalized spacial score (nSPS) is 11.4. The van der Waals surface area contributed by atoms with Gasteiger partial charge in [-0.15, -0.1) is 0 Å². The zero-order chi connectivity index (χ0) is 15.8. The van der Waals surface area contributed by atoms with Crippen molar-refractivity contribution >= 4 is 55.6 Å². The first-order chi connectivity index (χ1) is 9.70. The fourth-order valence-corrected chi connectivity index (χ4v) is 3.84. The van der Waals surface area contributed by atoms with Crippen molar-refractivity contribution in [2.75, 3.05) is 10.5 Å². The molecule has 2 aromatic carbocycles. The van der Waals surface area contributed by atoms with Crippen LogP contribution in [0.5, 0.6) is 0 Å². The molecule has 0 bridgehead atoms. The van der Waals surface area contributed by atoms with Crippen LogP contribution in [0.1, 0.15) is 0 Å². The third-order valence-electron chi connectivity index (χ3n) is 2.48. The number of nitrogens with two attached hydrogens (primary N) is 1. The SMILES string of the molecule is Nc1cc(Cl)c(F)c(S(=O)(=O)Nc2ccc(F)cc2I)c1. The van der Waals surface area contributed by atoms with Crippen LogP contribution in [0.25, 0.3) is 0 Å². The van der Waals surface area contributed by atoms with E-state index in [0.717, 1.165) is 24.3 Å². The van der Waals surface area contributed by atoms with Gasteiger partial charge in [0.1, 0.15) is 10.7 Å². The summed E-state index contributed by atoms with van der Waals surface area (Å²) in [6, 6.07) is 5.53. The van der Waals surface area contributed by atoms with Crippen LogP contribution in [0.15, 0.2) is 35.2 Å². The molecular weight excluding hydrogens is 437 g/mol. The van der Waals surface area contributed by atoms with Gasteiger partial charge in [0.25, 0.3) is 10.0 Å². The third-order valence-corrected chi connectivity index (χ3v) is 5.01. The fourth-order valence-electron chi connectivity index (χ4n) is 1.55. The number of anilines is 2. The third kappa shape index (κ3) is 3.55. The molecule has 0 unspecified atom stereocenters. The second-order valence-corrected chi connectivity index (χ2v) is 7.26. The maximum absolute atomic E-state index is 13.9. The first-order valence-corrected chi connectivity index (χ1v) is 8.37. The predicted molar refractivity (Wildman–Crippen MR) is 85.7 cm³/mol. The smallest absolute Gasteiger partial charge is 0.264 e. The van der Waals surface area contributed by atoms with Gasteiger partial charge in [0, 0.05) is 9.26 Å². The number of hydrogen-bond acceptors (Lipinski definition) is 3. The largest absolute Gasteiger partial charge is 0.399 e. The number of nitrogens with one attached hydrogen (secondary N) is 1. The van der Waals surface area contributed by atoms with Gasteiger partial charge in [-0.05, 0) is 52.9 Å². The van der Waals surface area contributed by atoms with Gasteiger partial charge in [-0.25, -0.2) is 17.2 Å². The Morgan fingerprint density at radius 1 is 1.19 bits per heavy atom. The van der Waals surface area contributed by atoms with Crippen molar-refractivity contribution < 1.29 is 17.2 Å². The summed E-state index contributed by atoms with van der Waals surface area (Å²) in [5, 5.41) is -0.399. The topological polar surface area (TPSA) is 72.2 Å². The van der Waals surface area contributed by atoms with Crippen molar-refractivity contribution in [2.45, 2.75) is 4.90 Å². The van der Waals surface area contributed by atoms with Gasteiger partial charge < -0.3 is 5.73 Å². The lowest BCUT2D eigenvalue weighted by Gasteiger charge is -2.11. The molecule has 112 valence electrons. The van der Waals surface area contributed by atoms with Crippen molar-refractivity contribution in [3.63, 3.8) is 0 Å². The lowest BCUT2D eigenvalue weighted by atomic mass is 10.3. The molecule has 2 aromatic rings. The highest BCUT2D eigenvalue weighted by Gasteiger charge is 2.23. The molecule has 0 atom stereocenters. The summed E-state index contributed by atoms with van der Waals surface area (Å²) in [7, 11) is -4.24. The highest BCUT2D eigenvalue weighted by molar-refractivity contribution is 14.1. The van der Waals surface area contributed by atoms with E-state index in [9.17, 15) is 17.2 Å². The molecule has 0 amide bonds. The molecule has 0 aromatic heterocycles. The van der Waals surface area contributed by atoms with Gasteiger partial charge in [0.15, 0.2) is 5.82 Å². The van der Waals surface area contributed by atoms with E-state index in [1.54, 1.807) is 22.6 Å². The van der Waals surface area contributed by atoms with E-state index in [-0.39, 0.29) is 11.4 Å². The van der Waals surface area contributed by atoms with Crippen LogP contribution in [0.3, 0.4) is 0 Å². The van der Waals surface area contributed by atoms with Gasteiger partial charge >= 0.3 is 0 Å². The highest BCUT2D eigenvalue weighted by Crippen LogP contribution is 2.28. The van der Waals surface area contributed by atoms with Crippen LogP contribution in [-0.2, 0) is 10.0 Å². The highest BCUT2D eigenvalue weighted by atomic mass is 127. The van der Waals surface area contributed by atoms with Crippen molar-refractivity contribution in [1.29, 1.82) is 0 Å². The fraction of sp³-hybridized carbons (Fsp3) is 0. The van der Waals surface area contributed by atoms with Crippen LogP contribution in [-0.4, -0.2) is 8.42 Å². The summed E-state index contributed by atoms with van der Waals surface area (Å²) in [6.07, 6.45) is 0. The second kappa shape index (κ2) is 5.93. The lowest BCUT2D eigenvalue weighted by molar-refractivity contribution is 0.570. The molecule has 0 radical (unpaired) electrons. The Morgan fingerprint density at radius 3 is 2.48 bits per heavy atom. The van der Waals surface area contributed by atoms with E-state index in [2.05, 4.69) is 4.72 Å². The van der Waals surface area contributed by atoms with Gasteiger partial charge in [-0.2, -0.15) is 0 Å². The Morgan fingerprint density at radius 2 is 1.86 bits per heavy atom. The average Bonchev–Trinajstić information content (AvgIpc) is 2.37. The van der Waals surface area contributed by atoms with Gasteiger partial charge in [0.2, 0.25) is 0 Å². The maximum atomic E-state index is 13.9. The van der Waals surface area contributed by atoms with Crippen LogP contribution >= 0.6 is 34.2 Å². The molecule has 0 saturated heterocycles. The van der Waals surface area contributed by atoms with Crippen LogP contribution in [0.2, 0.25) is 5.02 Å². The number of sulfonamides is 1. The Balaban J connectivity index is 2.48. The van der Waals surface area contributed by atoms with Crippen molar-refractivity contribution in [3.8, 4) is 0 Å². The molecule has 21 heavy (non-hydrogen) atoms. The number of rotatable bonds is 3. The Bertz CT molecular complexity index is 815. The zero-order valence-electron chi connectivity index (χ0n) is 10.2. The molecule has 4 nitrogen and oxygen atoms in total. The molecule has 0 spiro atoms. The first-order valence-electron chi connectivity index (χ1n) is 5.43. The lowest BCUT2D eigenvalue weighted by Crippen LogP contribution is -2.16. The molecule has 2 rings (SSSR count). The summed E-state index contributed by atoms with van der Waals surface area (Å²) in [5.74, 6) is -1.61. The number of halogens is 4. The van der Waals surface area contributed by atoms with Crippen LogP contribution < -0.4 is 10.5 Å². The Kier molecular flexibility index (Phi) is 4.59. The Hall–Kier alpha value is -1.13. The summed E-state index contributed by atoms with van der Waals surface area (Å²) in [6.45, 7) is 0. The minimum atomic E-state index is -4.24. The first kappa shape index (κ1) is 16.2. The van der Waals surface area contributed by atoms with Gasteiger partial charge in [-0.3, -0.25) is 4.72 Å². The number of nitrogen functional groups attached to an aromatic ring is 1. The molecule has 0 saturated carbocycles. The Labute approximate surface area is 138 Å². The van der Waals surface area contributed by atoms with Crippen molar-refractivity contribution in [1.82, 2.24) is 0 Å². The summed E-state index contributed by atoms with van der Waals surface area (Å²) in [5.41, 5.74) is 5.60.